The highest BCUT2D eigenvalue weighted by molar-refractivity contribution is 6.34. The second kappa shape index (κ2) is 7.27. The Balaban J connectivity index is 1.55. The number of benzene rings is 3. The van der Waals surface area contributed by atoms with Gasteiger partial charge in [-0.1, -0.05) is 12.1 Å². The molecule has 0 aromatic heterocycles. The molecule has 5 nitrogen and oxygen atoms in total. The van der Waals surface area contributed by atoms with Crippen LogP contribution in [0.4, 0.5) is 14.5 Å². The first-order valence-corrected chi connectivity index (χ1v) is 8.64. The molecule has 3 aromatic rings. The van der Waals surface area contributed by atoms with Gasteiger partial charge in [-0.25, -0.2) is 18.5 Å². The fourth-order valence-electron chi connectivity index (χ4n) is 3.05. The molecule has 1 heterocycles. The van der Waals surface area contributed by atoms with E-state index in [-0.39, 0.29) is 29.0 Å². The van der Waals surface area contributed by atoms with E-state index >= 15 is 0 Å². The number of esters is 1. The largest absolute Gasteiger partial charge is 0.457 e. The van der Waals surface area contributed by atoms with Crippen molar-refractivity contribution in [1.82, 2.24) is 0 Å². The summed E-state index contributed by atoms with van der Waals surface area (Å²) in [6.07, 6.45) is 0. The molecule has 29 heavy (non-hydrogen) atoms. The molecule has 0 bridgehead atoms. The van der Waals surface area contributed by atoms with Gasteiger partial charge in [-0.15, -0.1) is 0 Å². The van der Waals surface area contributed by atoms with Gasteiger partial charge in [-0.3, -0.25) is 9.59 Å². The Labute approximate surface area is 164 Å². The molecule has 1 aliphatic rings. The first-order chi connectivity index (χ1) is 13.9. The van der Waals surface area contributed by atoms with Crippen molar-refractivity contribution in [2.75, 3.05) is 4.90 Å². The van der Waals surface area contributed by atoms with Crippen LogP contribution in [0.15, 0.2) is 66.7 Å². The Morgan fingerprint density at radius 2 is 1.55 bits per heavy atom. The Bertz CT molecular complexity index is 1140. The summed E-state index contributed by atoms with van der Waals surface area (Å²) in [5.74, 6) is -2.82. The van der Waals surface area contributed by atoms with Gasteiger partial charge >= 0.3 is 5.97 Å². The Hall–Kier alpha value is -3.87. The lowest BCUT2D eigenvalue weighted by Crippen LogP contribution is -2.29. The first kappa shape index (κ1) is 18.5. The summed E-state index contributed by atoms with van der Waals surface area (Å²) in [5.41, 5.74) is 0.990. The fraction of sp³-hybridized carbons (Fsp3) is 0.0455. The van der Waals surface area contributed by atoms with Gasteiger partial charge in [-0.2, -0.15) is 0 Å². The molecular formula is C22H13F2NO4. The average molecular weight is 393 g/mol. The molecule has 144 valence electrons. The van der Waals surface area contributed by atoms with Crippen LogP contribution in [0.3, 0.4) is 0 Å². The van der Waals surface area contributed by atoms with Crippen LogP contribution in [0.1, 0.15) is 36.6 Å². The number of hydrogen-bond donors (Lipinski definition) is 0. The first-order valence-electron chi connectivity index (χ1n) is 8.64. The van der Waals surface area contributed by atoms with E-state index in [9.17, 15) is 23.2 Å². The molecule has 0 spiro atoms. The quantitative estimate of drug-likeness (QED) is 0.494. The minimum Gasteiger partial charge on any atom is -0.457 e. The number of fused-ring (bicyclic) bond motifs is 1. The second-order valence-corrected chi connectivity index (χ2v) is 6.39. The number of halogens is 2. The lowest BCUT2D eigenvalue weighted by atomic mass is 10.1. The van der Waals surface area contributed by atoms with E-state index in [4.69, 9.17) is 4.74 Å². The van der Waals surface area contributed by atoms with Crippen molar-refractivity contribution in [3.05, 3.63) is 101 Å². The minimum atomic E-state index is -0.711. The van der Waals surface area contributed by atoms with Crippen LogP contribution in [0.5, 0.6) is 0 Å². The van der Waals surface area contributed by atoms with Gasteiger partial charge < -0.3 is 4.74 Å². The van der Waals surface area contributed by atoms with E-state index in [1.165, 1.54) is 48.5 Å². The van der Waals surface area contributed by atoms with Gasteiger partial charge in [0.2, 0.25) is 0 Å². The van der Waals surface area contributed by atoms with Crippen LogP contribution in [0, 0.1) is 11.6 Å². The van der Waals surface area contributed by atoms with E-state index in [1.807, 2.05) is 0 Å². The molecule has 7 heteroatoms. The third-order valence-corrected chi connectivity index (χ3v) is 4.47. The maximum absolute atomic E-state index is 13.2. The van der Waals surface area contributed by atoms with Crippen molar-refractivity contribution in [3.8, 4) is 0 Å². The molecule has 0 aliphatic carbocycles. The third kappa shape index (κ3) is 3.50. The van der Waals surface area contributed by atoms with Crippen LogP contribution in [0.2, 0.25) is 0 Å². The van der Waals surface area contributed by atoms with Crippen molar-refractivity contribution in [3.63, 3.8) is 0 Å². The zero-order chi connectivity index (χ0) is 20.5. The summed E-state index contributed by atoms with van der Waals surface area (Å²) >= 11 is 0. The molecule has 0 atom stereocenters. The van der Waals surface area contributed by atoms with Gasteiger partial charge in [0.1, 0.15) is 18.2 Å². The van der Waals surface area contributed by atoms with Gasteiger partial charge in [0, 0.05) is 0 Å². The third-order valence-electron chi connectivity index (χ3n) is 4.47. The highest BCUT2D eigenvalue weighted by atomic mass is 19.1. The Kier molecular flexibility index (Phi) is 4.64. The molecule has 0 saturated carbocycles. The van der Waals surface area contributed by atoms with Crippen molar-refractivity contribution in [1.29, 1.82) is 0 Å². The zero-order valence-corrected chi connectivity index (χ0v) is 14.9. The second-order valence-electron chi connectivity index (χ2n) is 6.39. The highest BCUT2D eigenvalue weighted by Gasteiger charge is 2.37. The van der Waals surface area contributed by atoms with Gasteiger partial charge in [0.05, 0.1) is 22.4 Å². The maximum atomic E-state index is 13.2. The van der Waals surface area contributed by atoms with Gasteiger partial charge in [0.15, 0.2) is 0 Å². The molecule has 2 amide bonds. The number of hydrogen-bond acceptors (Lipinski definition) is 4. The SMILES string of the molecule is O=C(OCc1cccc(F)c1)c1ccc2c(c1)C(=O)N(c1ccc(F)cc1)C2=O. The van der Waals surface area contributed by atoms with Crippen molar-refractivity contribution >= 4 is 23.5 Å². The average Bonchev–Trinajstić information content (AvgIpc) is 2.97. The monoisotopic (exact) mass is 393 g/mol. The van der Waals surface area contributed by atoms with E-state index in [0.29, 0.717) is 5.56 Å². The number of ether oxygens (including phenoxy) is 1. The molecule has 0 fully saturated rings. The molecular weight excluding hydrogens is 380 g/mol. The predicted octanol–water partition coefficient (Wildman–Crippen LogP) is 4.12. The van der Waals surface area contributed by atoms with E-state index in [1.54, 1.807) is 6.07 Å². The number of imide groups is 1. The Morgan fingerprint density at radius 1 is 0.828 bits per heavy atom. The molecule has 3 aromatic carbocycles. The topological polar surface area (TPSA) is 63.7 Å². The van der Waals surface area contributed by atoms with Gasteiger partial charge in [0.25, 0.3) is 11.8 Å². The summed E-state index contributed by atoms with van der Waals surface area (Å²) in [6.45, 7) is -0.137. The summed E-state index contributed by atoms with van der Waals surface area (Å²) in [6, 6.07) is 14.6. The molecule has 0 unspecified atom stereocenters. The molecule has 0 N–H and O–H groups in total. The van der Waals surface area contributed by atoms with Crippen LogP contribution < -0.4 is 4.90 Å². The Morgan fingerprint density at radius 3 is 2.28 bits per heavy atom. The van der Waals surface area contributed by atoms with E-state index in [2.05, 4.69) is 0 Å². The van der Waals surface area contributed by atoms with Crippen LogP contribution in [0.25, 0.3) is 0 Å². The van der Waals surface area contributed by atoms with Crippen molar-refractivity contribution in [2.24, 2.45) is 0 Å². The number of rotatable bonds is 4. The van der Waals surface area contributed by atoms with E-state index < -0.39 is 29.4 Å². The standard InChI is InChI=1S/C22H13F2NO4/c23-15-5-7-17(8-6-15)25-20(26)18-9-4-14(11-19(18)21(25)27)22(28)29-12-13-2-1-3-16(24)10-13/h1-11H,12H2. The smallest absolute Gasteiger partial charge is 0.338 e. The maximum Gasteiger partial charge on any atom is 0.338 e. The lowest BCUT2D eigenvalue weighted by molar-refractivity contribution is 0.0472. The summed E-state index contributed by atoms with van der Waals surface area (Å²) in [7, 11) is 0. The fourth-order valence-corrected chi connectivity index (χ4v) is 3.05. The molecule has 1 aliphatic heterocycles. The molecule has 4 rings (SSSR count). The van der Waals surface area contributed by atoms with Gasteiger partial charge in [-0.05, 0) is 60.2 Å². The lowest BCUT2D eigenvalue weighted by Gasteiger charge is -2.13. The highest BCUT2D eigenvalue weighted by Crippen LogP contribution is 2.29. The minimum absolute atomic E-state index is 0.0551. The number of carbonyl (C=O) groups excluding carboxylic acids is 3. The van der Waals surface area contributed by atoms with Crippen LogP contribution >= 0.6 is 0 Å². The number of amides is 2. The van der Waals surface area contributed by atoms with Crippen molar-refractivity contribution in [2.45, 2.75) is 6.61 Å². The van der Waals surface area contributed by atoms with Crippen molar-refractivity contribution < 1.29 is 27.9 Å². The number of carbonyl (C=O) groups is 3. The number of nitrogens with zero attached hydrogens (tertiary/aromatic N) is 1. The molecule has 0 saturated heterocycles. The van der Waals surface area contributed by atoms with Crippen LogP contribution in [-0.4, -0.2) is 17.8 Å². The van der Waals surface area contributed by atoms with E-state index in [0.717, 1.165) is 17.0 Å². The predicted molar refractivity (Wildman–Crippen MR) is 99.5 cm³/mol. The molecule has 0 radical (unpaired) electrons. The summed E-state index contributed by atoms with van der Waals surface area (Å²) < 4.78 is 31.5. The summed E-state index contributed by atoms with van der Waals surface area (Å²) in [4.78, 5) is 38.5. The van der Waals surface area contributed by atoms with Crippen LogP contribution in [-0.2, 0) is 11.3 Å². The summed E-state index contributed by atoms with van der Waals surface area (Å²) in [5, 5.41) is 0. The zero-order valence-electron chi connectivity index (χ0n) is 14.9. The normalized spacial score (nSPS) is 12.8. The number of anilines is 1.